The molecule has 0 aromatic rings. The molecule has 0 unspecified atom stereocenters. The van der Waals surface area contributed by atoms with Crippen molar-refractivity contribution in [3.05, 3.63) is 0 Å². The van der Waals surface area contributed by atoms with Crippen molar-refractivity contribution in [3.8, 4) is 12.3 Å². The lowest BCUT2D eigenvalue weighted by atomic mass is 10.5. The molecular weight excluding hydrogens is 120 g/mol. The molecule has 4 heteroatoms. The average molecular weight is 126 g/mol. The number of hydrogen-bond donors (Lipinski definition) is 2. The zero-order chi connectivity index (χ0) is 7.28. The lowest BCUT2D eigenvalue weighted by Crippen LogP contribution is -2.36. The first-order valence-electron chi connectivity index (χ1n) is 2.19. The molecule has 0 aliphatic heterocycles. The summed E-state index contributed by atoms with van der Waals surface area (Å²) in [6, 6.07) is 0. The normalized spacial score (nSPS) is 7.44. The molecule has 0 radical (unpaired) electrons. The van der Waals surface area contributed by atoms with Crippen LogP contribution in [0.15, 0.2) is 0 Å². The van der Waals surface area contributed by atoms with Gasteiger partial charge in [0.1, 0.15) is 0 Å². The number of primary amides is 1. The van der Waals surface area contributed by atoms with Crippen molar-refractivity contribution in [2.24, 2.45) is 5.73 Å². The van der Waals surface area contributed by atoms with Gasteiger partial charge >= 0.3 is 11.8 Å². The second-order valence-corrected chi connectivity index (χ2v) is 1.25. The van der Waals surface area contributed by atoms with E-state index < -0.39 is 11.8 Å². The molecule has 0 saturated heterocycles. The lowest BCUT2D eigenvalue weighted by Gasteiger charge is -1.92. The number of amides is 2. The second kappa shape index (κ2) is 3.50. The molecule has 9 heavy (non-hydrogen) atoms. The highest BCUT2D eigenvalue weighted by atomic mass is 16.2. The van der Waals surface area contributed by atoms with Gasteiger partial charge in [-0.3, -0.25) is 9.59 Å². The predicted octanol–water partition coefficient (Wildman–Crippen LogP) is -1.78. The van der Waals surface area contributed by atoms with Gasteiger partial charge in [-0.2, -0.15) is 0 Å². The minimum atomic E-state index is -1.02. The summed E-state index contributed by atoms with van der Waals surface area (Å²) in [6.45, 7) is 0.0295. The lowest BCUT2D eigenvalue weighted by molar-refractivity contribution is -0.137. The van der Waals surface area contributed by atoms with E-state index in [9.17, 15) is 9.59 Å². The quantitative estimate of drug-likeness (QED) is 0.322. The Morgan fingerprint density at radius 3 is 2.56 bits per heavy atom. The molecule has 0 aromatic heterocycles. The number of carbonyl (C=O) groups excluding carboxylic acids is 2. The fourth-order valence-electron chi connectivity index (χ4n) is 0.218. The van der Waals surface area contributed by atoms with Gasteiger partial charge in [0, 0.05) is 0 Å². The van der Waals surface area contributed by atoms with Crippen molar-refractivity contribution >= 4 is 11.8 Å². The highest BCUT2D eigenvalue weighted by molar-refractivity contribution is 6.34. The van der Waals surface area contributed by atoms with E-state index in [2.05, 4.69) is 17.0 Å². The van der Waals surface area contributed by atoms with Gasteiger partial charge in [-0.25, -0.2) is 0 Å². The standard InChI is InChI=1S/C5H6N2O2/c1-2-3-7-5(9)4(6)8/h1H,3H2,(H2,6,8)(H,7,9). The number of carbonyl (C=O) groups is 2. The zero-order valence-corrected chi connectivity index (χ0v) is 4.68. The van der Waals surface area contributed by atoms with E-state index in [1.807, 2.05) is 0 Å². The molecule has 2 amide bonds. The number of rotatable bonds is 1. The van der Waals surface area contributed by atoms with Gasteiger partial charge in [0.2, 0.25) is 0 Å². The Balaban J connectivity index is 3.55. The third kappa shape index (κ3) is 3.12. The van der Waals surface area contributed by atoms with Crippen LogP contribution in [0.2, 0.25) is 0 Å². The minimum absolute atomic E-state index is 0.0295. The fourth-order valence-corrected chi connectivity index (χ4v) is 0.218. The number of nitrogens with one attached hydrogen (secondary N) is 1. The highest BCUT2D eigenvalue weighted by Gasteiger charge is 2.04. The first-order valence-corrected chi connectivity index (χ1v) is 2.19. The SMILES string of the molecule is C#CCNC(=O)C(N)=O. The van der Waals surface area contributed by atoms with E-state index in [1.165, 1.54) is 0 Å². The summed E-state index contributed by atoms with van der Waals surface area (Å²) in [7, 11) is 0. The minimum Gasteiger partial charge on any atom is -0.361 e. The molecule has 48 valence electrons. The van der Waals surface area contributed by atoms with Crippen LogP contribution in [-0.2, 0) is 9.59 Å². The largest absolute Gasteiger partial charge is 0.361 e. The van der Waals surface area contributed by atoms with Crippen LogP contribution >= 0.6 is 0 Å². The monoisotopic (exact) mass is 126 g/mol. The maximum Gasteiger partial charge on any atom is 0.309 e. The molecule has 0 saturated carbocycles. The topological polar surface area (TPSA) is 72.2 Å². The van der Waals surface area contributed by atoms with E-state index in [-0.39, 0.29) is 6.54 Å². The Morgan fingerprint density at radius 2 is 2.22 bits per heavy atom. The maximum atomic E-state index is 10.2. The molecule has 0 aromatic carbocycles. The third-order valence-electron chi connectivity index (χ3n) is 0.575. The summed E-state index contributed by atoms with van der Waals surface area (Å²) in [6.07, 6.45) is 4.76. The van der Waals surface area contributed by atoms with Crippen LogP contribution in [0.5, 0.6) is 0 Å². The Hall–Kier alpha value is -1.50. The Kier molecular flexibility index (Phi) is 2.91. The van der Waals surface area contributed by atoms with Crippen LogP contribution in [0.4, 0.5) is 0 Å². The van der Waals surface area contributed by atoms with E-state index >= 15 is 0 Å². The zero-order valence-electron chi connectivity index (χ0n) is 4.68. The van der Waals surface area contributed by atoms with Crippen LogP contribution in [0.1, 0.15) is 0 Å². The van der Waals surface area contributed by atoms with Crippen LogP contribution in [0.3, 0.4) is 0 Å². The molecule has 0 aliphatic rings. The molecule has 0 heterocycles. The van der Waals surface area contributed by atoms with E-state index in [0.717, 1.165) is 0 Å². The molecule has 0 atom stereocenters. The van der Waals surface area contributed by atoms with Crippen LogP contribution in [-0.4, -0.2) is 18.4 Å². The average Bonchev–Trinajstić information content (AvgIpc) is 1.82. The van der Waals surface area contributed by atoms with Gasteiger partial charge in [0.05, 0.1) is 6.54 Å². The van der Waals surface area contributed by atoms with E-state index in [4.69, 9.17) is 6.42 Å². The van der Waals surface area contributed by atoms with Crippen LogP contribution in [0.25, 0.3) is 0 Å². The summed E-state index contributed by atoms with van der Waals surface area (Å²) in [5.74, 6) is 0.237. The van der Waals surface area contributed by atoms with Crippen LogP contribution in [0, 0.1) is 12.3 Å². The maximum absolute atomic E-state index is 10.2. The van der Waals surface area contributed by atoms with E-state index in [0.29, 0.717) is 0 Å². The number of nitrogens with two attached hydrogens (primary N) is 1. The van der Waals surface area contributed by atoms with Gasteiger partial charge < -0.3 is 11.1 Å². The molecule has 0 spiro atoms. The van der Waals surface area contributed by atoms with Crippen molar-refractivity contribution in [3.63, 3.8) is 0 Å². The summed E-state index contributed by atoms with van der Waals surface area (Å²) < 4.78 is 0. The molecule has 0 bridgehead atoms. The molecule has 0 aliphatic carbocycles. The number of terminal acetylenes is 1. The molecule has 4 nitrogen and oxygen atoms in total. The summed E-state index contributed by atoms with van der Waals surface area (Å²) in [5.41, 5.74) is 4.56. The fraction of sp³-hybridized carbons (Fsp3) is 0.200. The van der Waals surface area contributed by atoms with Gasteiger partial charge in [-0.05, 0) is 0 Å². The first kappa shape index (κ1) is 7.50. The van der Waals surface area contributed by atoms with Crippen molar-refractivity contribution < 1.29 is 9.59 Å². The van der Waals surface area contributed by atoms with Crippen molar-refractivity contribution in [2.45, 2.75) is 0 Å². The molecule has 0 rings (SSSR count). The first-order chi connectivity index (χ1) is 4.18. The molecular formula is C5H6N2O2. The molecule has 0 fully saturated rings. The summed E-state index contributed by atoms with van der Waals surface area (Å²) in [5, 5.41) is 2.08. The number of hydrogen-bond acceptors (Lipinski definition) is 2. The second-order valence-electron chi connectivity index (χ2n) is 1.25. The summed E-state index contributed by atoms with van der Waals surface area (Å²) >= 11 is 0. The summed E-state index contributed by atoms with van der Waals surface area (Å²) in [4.78, 5) is 20.2. The van der Waals surface area contributed by atoms with E-state index in [1.54, 1.807) is 0 Å². The highest BCUT2D eigenvalue weighted by Crippen LogP contribution is 1.59. The van der Waals surface area contributed by atoms with Crippen molar-refractivity contribution in [1.82, 2.24) is 5.32 Å². The van der Waals surface area contributed by atoms with Gasteiger partial charge in [0.15, 0.2) is 0 Å². The molecule has 3 N–H and O–H groups in total. The van der Waals surface area contributed by atoms with Gasteiger partial charge in [-0.15, -0.1) is 6.42 Å². The Morgan fingerprint density at radius 1 is 1.67 bits per heavy atom. The third-order valence-corrected chi connectivity index (χ3v) is 0.575. The Bertz CT molecular complexity index is 168. The van der Waals surface area contributed by atoms with Crippen molar-refractivity contribution in [1.29, 1.82) is 0 Å². The Labute approximate surface area is 52.4 Å². The predicted molar refractivity (Wildman–Crippen MR) is 31.0 cm³/mol. The van der Waals surface area contributed by atoms with Crippen LogP contribution < -0.4 is 11.1 Å². The van der Waals surface area contributed by atoms with Gasteiger partial charge in [-0.1, -0.05) is 5.92 Å². The van der Waals surface area contributed by atoms with Crippen molar-refractivity contribution in [2.75, 3.05) is 6.54 Å². The van der Waals surface area contributed by atoms with Gasteiger partial charge in [0.25, 0.3) is 0 Å². The smallest absolute Gasteiger partial charge is 0.309 e.